The number of hydrogen-bond donors (Lipinski definition) is 1. The van der Waals surface area contributed by atoms with Crippen molar-refractivity contribution in [1.29, 1.82) is 0 Å². The summed E-state index contributed by atoms with van der Waals surface area (Å²) in [5, 5.41) is 3.53. The minimum absolute atomic E-state index is 0.688. The van der Waals surface area contributed by atoms with E-state index in [1.165, 1.54) is 30.4 Å². The summed E-state index contributed by atoms with van der Waals surface area (Å²) >= 11 is 0. The lowest BCUT2D eigenvalue weighted by atomic mass is 9.95. The Morgan fingerprint density at radius 3 is 3.00 bits per heavy atom. The molecule has 0 spiro atoms. The highest BCUT2D eigenvalue weighted by atomic mass is 16.5. The van der Waals surface area contributed by atoms with E-state index >= 15 is 0 Å². The van der Waals surface area contributed by atoms with Crippen LogP contribution in [0.4, 0.5) is 0 Å². The van der Waals surface area contributed by atoms with Crippen molar-refractivity contribution in [1.82, 2.24) is 5.32 Å². The van der Waals surface area contributed by atoms with Crippen LogP contribution in [-0.4, -0.2) is 19.7 Å². The van der Waals surface area contributed by atoms with E-state index in [1.54, 1.807) is 0 Å². The van der Waals surface area contributed by atoms with Gasteiger partial charge in [0.25, 0.3) is 0 Å². The third-order valence-electron chi connectivity index (χ3n) is 4.98. The van der Waals surface area contributed by atoms with Gasteiger partial charge in [0, 0.05) is 12.5 Å². The van der Waals surface area contributed by atoms with Gasteiger partial charge in [-0.1, -0.05) is 12.1 Å². The second-order valence-corrected chi connectivity index (χ2v) is 5.92. The first-order valence-electron chi connectivity index (χ1n) is 6.74. The molecule has 0 bridgehead atoms. The van der Waals surface area contributed by atoms with E-state index in [-0.39, 0.29) is 0 Å². The molecule has 90 valence electrons. The summed E-state index contributed by atoms with van der Waals surface area (Å²) in [7, 11) is 2.11. The molecule has 1 atom stereocenters. The van der Waals surface area contributed by atoms with Gasteiger partial charge in [-0.3, -0.25) is 0 Å². The third-order valence-corrected chi connectivity index (χ3v) is 4.98. The summed E-state index contributed by atoms with van der Waals surface area (Å²) in [6.45, 7) is 0.861. The molecule has 1 aliphatic heterocycles. The van der Waals surface area contributed by atoms with Crippen molar-refractivity contribution in [2.45, 2.75) is 31.7 Å². The maximum atomic E-state index is 5.56. The minimum atomic E-state index is 0.688. The number of fused-ring (bicyclic) bond motifs is 2. The van der Waals surface area contributed by atoms with Gasteiger partial charge in [0.1, 0.15) is 5.75 Å². The van der Waals surface area contributed by atoms with Crippen molar-refractivity contribution in [2.24, 2.45) is 11.3 Å². The van der Waals surface area contributed by atoms with Crippen molar-refractivity contribution in [3.63, 3.8) is 0 Å². The molecule has 4 rings (SSSR count). The normalized spacial score (nSPS) is 33.6. The highest BCUT2D eigenvalue weighted by Crippen LogP contribution is 2.77. The van der Waals surface area contributed by atoms with Gasteiger partial charge in [-0.05, 0) is 54.8 Å². The van der Waals surface area contributed by atoms with Crippen LogP contribution in [0, 0.1) is 11.3 Å². The van der Waals surface area contributed by atoms with Gasteiger partial charge in [0.15, 0.2) is 0 Å². The fourth-order valence-electron chi connectivity index (χ4n) is 3.50. The van der Waals surface area contributed by atoms with Crippen molar-refractivity contribution in [3.05, 3.63) is 29.3 Å². The molecular weight excluding hydrogens is 210 g/mol. The summed E-state index contributed by atoms with van der Waals surface area (Å²) < 4.78 is 5.56. The SMILES string of the molecule is CNC(Cc1ccc2c(c1)CCO2)C12CC1C2. The van der Waals surface area contributed by atoms with Gasteiger partial charge in [0.2, 0.25) is 0 Å². The van der Waals surface area contributed by atoms with Crippen LogP contribution in [0.3, 0.4) is 0 Å². The average molecular weight is 229 g/mol. The van der Waals surface area contributed by atoms with Crippen LogP contribution >= 0.6 is 0 Å². The van der Waals surface area contributed by atoms with Crippen molar-refractivity contribution in [3.8, 4) is 5.75 Å². The van der Waals surface area contributed by atoms with Crippen LogP contribution in [0.25, 0.3) is 0 Å². The van der Waals surface area contributed by atoms with Crippen LogP contribution in [0.15, 0.2) is 18.2 Å². The maximum absolute atomic E-state index is 5.56. The van der Waals surface area contributed by atoms with E-state index in [0.29, 0.717) is 11.5 Å². The van der Waals surface area contributed by atoms with Crippen molar-refractivity contribution in [2.75, 3.05) is 13.7 Å². The average Bonchev–Trinajstić information content (AvgIpc) is 3.13. The monoisotopic (exact) mass is 229 g/mol. The Balaban J connectivity index is 1.54. The number of ether oxygens (including phenoxy) is 1. The molecule has 0 radical (unpaired) electrons. The Bertz CT molecular complexity index is 462. The second-order valence-electron chi connectivity index (χ2n) is 5.92. The molecule has 2 aliphatic carbocycles. The molecule has 0 aromatic heterocycles. The zero-order valence-electron chi connectivity index (χ0n) is 10.3. The molecule has 0 saturated heterocycles. The smallest absolute Gasteiger partial charge is 0.122 e. The number of rotatable bonds is 4. The molecule has 17 heavy (non-hydrogen) atoms. The van der Waals surface area contributed by atoms with Crippen LogP contribution < -0.4 is 10.1 Å². The van der Waals surface area contributed by atoms with E-state index in [4.69, 9.17) is 4.74 Å². The fourth-order valence-corrected chi connectivity index (χ4v) is 3.50. The zero-order chi connectivity index (χ0) is 11.5. The molecule has 0 amide bonds. The highest BCUT2D eigenvalue weighted by molar-refractivity contribution is 5.40. The molecule has 1 heterocycles. The number of nitrogens with one attached hydrogen (secondary N) is 1. The second kappa shape index (κ2) is 3.26. The van der Waals surface area contributed by atoms with E-state index < -0.39 is 0 Å². The van der Waals surface area contributed by atoms with Gasteiger partial charge in [-0.25, -0.2) is 0 Å². The summed E-state index contributed by atoms with van der Waals surface area (Å²) in [6.07, 6.45) is 5.19. The van der Waals surface area contributed by atoms with Crippen molar-refractivity contribution >= 4 is 0 Å². The van der Waals surface area contributed by atoms with E-state index in [2.05, 4.69) is 30.6 Å². The Morgan fingerprint density at radius 2 is 2.29 bits per heavy atom. The highest BCUT2D eigenvalue weighted by Gasteiger charge is 2.72. The molecule has 1 aromatic rings. The molecule has 2 heteroatoms. The van der Waals surface area contributed by atoms with E-state index in [9.17, 15) is 0 Å². The first kappa shape index (κ1) is 9.95. The lowest BCUT2D eigenvalue weighted by Gasteiger charge is -2.19. The maximum Gasteiger partial charge on any atom is 0.122 e. The van der Waals surface area contributed by atoms with E-state index in [0.717, 1.165) is 24.7 Å². The first-order valence-corrected chi connectivity index (χ1v) is 6.74. The van der Waals surface area contributed by atoms with E-state index in [1.807, 2.05) is 0 Å². The topological polar surface area (TPSA) is 21.3 Å². The predicted octanol–water partition coefficient (Wildman–Crippen LogP) is 2.16. The summed E-state index contributed by atoms with van der Waals surface area (Å²) in [6, 6.07) is 7.43. The minimum Gasteiger partial charge on any atom is -0.493 e. The molecule has 3 aliphatic rings. The van der Waals surface area contributed by atoms with Gasteiger partial charge in [-0.2, -0.15) is 0 Å². The van der Waals surface area contributed by atoms with Crippen LogP contribution in [0.2, 0.25) is 0 Å². The fraction of sp³-hybridized carbons (Fsp3) is 0.600. The number of likely N-dealkylation sites (N-methyl/N-ethyl adjacent to an activating group) is 1. The molecule has 1 aromatic carbocycles. The molecule has 2 nitrogen and oxygen atoms in total. The van der Waals surface area contributed by atoms with Gasteiger partial charge in [-0.15, -0.1) is 0 Å². The lowest BCUT2D eigenvalue weighted by molar-refractivity contribution is 0.356. The van der Waals surface area contributed by atoms with Crippen molar-refractivity contribution < 1.29 is 4.74 Å². The van der Waals surface area contributed by atoms with Crippen LogP contribution in [0.5, 0.6) is 5.75 Å². The quantitative estimate of drug-likeness (QED) is 0.854. The zero-order valence-corrected chi connectivity index (χ0v) is 10.3. The van der Waals surface area contributed by atoms with Gasteiger partial charge < -0.3 is 10.1 Å². The lowest BCUT2D eigenvalue weighted by Crippen LogP contribution is -2.33. The van der Waals surface area contributed by atoms with Crippen LogP contribution in [-0.2, 0) is 12.8 Å². The molecule has 1 N–H and O–H groups in total. The third kappa shape index (κ3) is 1.43. The summed E-state index contributed by atoms with van der Waals surface area (Å²) in [4.78, 5) is 0. The molecule has 1 unspecified atom stereocenters. The molecular formula is C15H19NO. The number of benzene rings is 1. The predicted molar refractivity (Wildman–Crippen MR) is 67.3 cm³/mol. The molecule has 2 fully saturated rings. The van der Waals surface area contributed by atoms with Crippen LogP contribution in [0.1, 0.15) is 24.0 Å². The largest absolute Gasteiger partial charge is 0.493 e. The Kier molecular flexibility index (Phi) is 1.91. The van der Waals surface area contributed by atoms with Gasteiger partial charge in [0.05, 0.1) is 6.61 Å². The number of hydrogen-bond acceptors (Lipinski definition) is 2. The molecule has 2 saturated carbocycles. The standard InChI is InChI=1S/C15H19NO/c1-16-14(15-8-12(15)9-15)7-10-2-3-13-11(6-10)4-5-17-13/h2-3,6,12,14,16H,4-5,7-9H2,1H3. The Hall–Kier alpha value is -1.02. The Labute approximate surface area is 102 Å². The van der Waals surface area contributed by atoms with Gasteiger partial charge >= 0.3 is 0 Å². The first-order chi connectivity index (χ1) is 8.32. The summed E-state index contributed by atoms with van der Waals surface area (Å²) in [5.74, 6) is 2.15. The summed E-state index contributed by atoms with van der Waals surface area (Å²) in [5.41, 5.74) is 3.57. The Morgan fingerprint density at radius 1 is 1.47 bits per heavy atom.